The molecule has 1 saturated heterocycles. The summed E-state index contributed by atoms with van der Waals surface area (Å²) in [5, 5.41) is 3.78. The molecule has 2 amide bonds. The van der Waals surface area contributed by atoms with Crippen LogP contribution in [0.2, 0.25) is 5.02 Å². The average molecular weight is 491 g/mol. The van der Waals surface area contributed by atoms with Gasteiger partial charge in [-0.15, -0.1) is 11.3 Å². The number of benzene rings is 1. The van der Waals surface area contributed by atoms with E-state index in [-0.39, 0.29) is 32.0 Å². The van der Waals surface area contributed by atoms with E-state index in [1.54, 1.807) is 12.1 Å². The Morgan fingerprint density at radius 3 is 2.13 bits per heavy atom. The second kappa shape index (κ2) is 8.29. The smallest absolute Gasteiger partial charge is 0.273 e. The lowest BCUT2D eigenvalue weighted by Crippen LogP contribution is -2.45. The number of hydrogen-bond acceptors (Lipinski definition) is 7. The summed E-state index contributed by atoms with van der Waals surface area (Å²) in [4.78, 5) is 25.8. The highest BCUT2D eigenvalue weighted by atomic mass is 35.5. The Morgan fingerprint density at radius 1 is 1.00 bits per heavy atom. The molecule has 8 nitrogen and oxygen atoms in total. The van der Waals surface area contributed by atoms with Gasteiger partial charge in [0.1, 0.15) is 4.88 Å². The minimum absolute atomic E-state index is 0.0133. The molecule has 1 aliphatic rings. The van der Waals surface area contributed by atoms with Crippen molar-refractivity contribution in [2.75, 3.05) is 25.6 Å². The number of hydrogen-bond donors (Lipinski definition) is 0. The fraction of sp³-hybridized carbons (Fsp3) is 0.333. The van der Waals surface area contributed by atoms with E-state index in [1.165, 1.54) is 27.5 Å². The number of halogens is 1. The van der Waals surface area contributed by atoms with Crippen LogP contribution < -0.4 is 0 Å². The van der Waals surface area contributed by atoms with Crippen molar-refractivity contribution < 1.29 is 26.4 Å². The first-order valence-corrected chi connectivity index (χ1v) is 13.8. The van der Waals surface area contributed by atoms with Crippen LogP contribution in [0.25, 0.3) is 0 Å². The lowest BCUT2D eigenvalue weighted by molar-refractivity contribution is -0.139. The molecule has 1 aromatic heterocycles. The number of carbonyl (C=O) groups is 2. The Hall–Kier alpha value is -1.95. The van der Waals surface area contributed by atoms with Crippen molar-refractivity contribution in [1.29, 1.82) is 0 Å². The molecule has 0 N–H and O–H groups in total. The number of rotatable bonds is 5. The molecule has 0 bridgehead atoms. The van der Waals surface area contributed by atoms with Crippen molar-refractivity contribution >= 4 is 54.4 Å². The van der Waals surface area contributed by atoms with Crippen LogP contribution in [0.1, 0.15) is 21.7 Å². The molecule has 0 radical (unpaired) electrons. The normalized spacial score (nSPS) is 14.9. The van der Waals surface area contributed by atoms with Gasteiger partial charge in [0.15, 0.2) is 19.7 Å². The third kappa shape index (κ3) is 4.69. The highest BCUT2D eigenvalue weighted by Crippen LogP contribution is 2.33. The van der Waals surface area contributed by atoms with E-state index in [9.17, 15) is 26.4 Å². The molecule has 0 atom stereocenters. The quantitative estimate of drug-likeness (QED) is 0.634. The van der Waals surface area contributed by atoms with Crippen molar-refractivity contribution in [3.05, 3.63) is 45.1 Å². The molecule has 162 valence electrons. The lowest BCUT2D eigenvalue weighted by Gasteiger charge is -2.27. The first kappa shape index (κ1) is 22.7. The van der Waals surface area contributed by atoms with Gasteiger partial charge in [-0.2, -0.15) is 0 Å². The van der Waals surface area contributed by atoms with Crippen LogP contribution in [0, 0.1) is 0 Å². The van der Waals surface area contributed by atoms with E-state index in [1.807, 2.05) is 0 Å². The van der Waals surface area contributed by atoms with E-state index >= 15 is 0 Å². The predicted octanol–water partition coefficient (Wildman–Crippen LogP) is 2.04. The third-order valence-electron chi connectivity index (χ3n) is 4.55. The SMILES string of the molecule is CS(=O)(=O)c1ccc(CC(=O)N2CCCN2C(=O)c2scc(S(C)(=O)=O)c2Cl)cc1. The first-order chi connectivity index (χ1) is 13.9. The van der Waals surface area contributed by atoms with Crippen LogP contribution >= 0.6 is 22.9 Å². The molecule has 2 aromatic rings. The molecule has 3 rings (SSSR count). The molecule has 0 spiro atoms. The maximum atomic E-state index is 12.9. The zero-order valence-corrected chi connectivity index (χ0v) is 19.4. The molecular weight excluding hydrogens is 472 g/mol. The summed E-state index contributed by atoms with van der Waals surface area (Å²) in [6.45, 7) is 0.647. The molecule has 30 heavy (non-hydrogen) atoms. The fourth-order valence-electron chi connectivity index (χ4n) is 3.04. The molecular formula is C18H19ClN2O6S3. The Labute approximate surface area is 183 Å². The molecule has 2 heterocycles. The van der Waals surface area contributed by atoms with E-state index in [2.05, 4.69) is 0 Å². The van der Waals surface area contributed by atoms with Gasteiger partial charge in [-0.3, -0.25) is 14.6 Å². The minimum atomic E-state index is -3.57. The van der Waals surface area contributed by atoms with Gasteiger partial charge in [0.05, 0.1) is 21.2 Å². The summed E-state index contributed by atoms with van der Waals surface area (Å²) in [7, 11) is -6.90. The molecule has 0 saturated carbocycles. The van der Waals surface area contributed by atoms with Crippen molar-refractivity contribution in [2.24, 2.45) is 0 Å². The van der Waals surface area contributed by atoms with Crippen LogP contribution in [0.5, 0.6) is 0 Å². The number of carbonyl (C=O) groups excluding carboxylic acids is 2. The molecule has 1 aliphatic heterocycles. The van der Waals surface area contributed by atoms with E-state index in [0.29, 0.717) is 25.1 Å². The zero-order valence-electron chi connectivity index (χ0n) is 16.2. The van der Waals surface area contributed by atoms with Gasteiger partial charge in [0, 0.05) is 31.0 Å². The predicted molar refractivity (Wildman–Crippen MR) is 113 cm³/mol. The topological polar surface area (TPSA) is 109 Å². The number of amides is 2. The zero-order chi connectivity index (χ0) is 22.3. The maximum absolute atomic E-state index is 12.9. The fourth-order valence-corrected chi connectivity index (χ4v) is 6.52. The lowest BCUT2D eigenvalue weighted by atomic mass is 10.1. The summed E-state index contributed by atoms with van der Waals surface area (Å²) in [6.07, 6.45) is 2.68. The second-order valence-corrected chi connectivity index (χ2v) is 12.2. The molecule has 0 aliphatic carbocycles. The van der Waals surface area contributed by atoms with Gasteiger partial charge >= 0.3 is 0 Å². The standard InChI is InChI=1S/C18H19ClN2O6S3/c1-29(24,25)13-6-4-12(5-7-13)10-15(22)20-8-3-9-21(20)18(23)17-16(19)14(11-28-17)30(2,26)27/h4-7,11H,3,8-10H2,1-2H3. The monoisotopic (exact) mass is 490 g/mol. The average Bonchev–Trinajstić information content (AvgIpc) is 3.27. The highest BCUT2D eigenvalue weighted by Gasteiger charge is 2.34. The summed E-state index contributed by atoms with van der Waals surface area (Å²) < 4.78 is 46.6. The van der Waals surface area contributed by atoms with Gasteiger partial charge in [-0.05, 0) is 24.1 Å². The second-order valence-electron chi connectivity index (χ2n) is 6.91. The highest BCUT2D eigenvalue weighted by molar-refractivity contribution is 7.91. The van der Waals surface area contributed by atoms with Crippen molar-refractivity contribution in [2.45, 2.75) is 22.6 Å². The summed E-state index contributed by atoms with van der Waals surface area (Å²) in [5.74, 6) is -0.859. The van der Waals surface area contributed by atoms with Crippen LogP contribution in [-0.4, -0.2) is 64.3 Å². The van der Waals surface area contributed by atoms with Crippen LogP contribution in [0.4, 0.5) is 0 Å². The Kier molecular flexibility index (Phi) is 6.28. The van der Waals surface area contributed by atoms with Gasteiger partial charge in [-0.25, -0.2) is 21.8 Å². The number of nitrogens with zero attached hydrogens (tertiary/aromatic N) is 2. The van der Waals surface area contributed by atoms with Gasteiger partial charge < -0.3 is 0 Å². The van der Waals surface area contributed by atoms with Crippen molar-refractivity contribution in [3.8, 4) is 0 Å². The van der Waals surface area contributed by atoms with Crippen LogP contribution in [-0.2, 0) is 30.9 Å². The third-order valence-corrected chi connectivity index (χ3v) is 8.54. The van der Waals surface area contributed by atoms with E-state index in [0.717, 1.165) is 23.8 Å². The Bertz CT molecular complexity index is 1200. The van der Waals surface area contributed by atoms with Gasteiger partial charge in [-0.1, -0.05) is 23.7 Å². The van der Waals surface area contributed by atoms with Gasteiger partial charge in [0.2, 0.25) is 5.91 Å². The van der Waals surface area contributed by atoms with Crippen LogP contribution in [0.3, 0.4) is 0 Å². The van der Waals surface area contributed by atoms with Crippen molar-refractivity contribution in [1.82, 2.24) is 10.0 Å². The summed E-state index contributed by atoms with van der Waals surface area (Å²) >= 11 is 7.04. The van der Waals surface area contributed by atoms with Gasteiger partial charge in [0.25, 0.3) is 5.91 Å². The van der Waals surface area contributed by atoms with E-state index in [4.69, 9.17) is 11.6 Å². The summed E-state index contributed by atoms with van der Waals surface area (Å²) in [5.41, 5.74) is 0.611. The van der Waals surface area contributed by atoms with E-state index < -0.39 is 25.6 Å². The number of sulfone groups is 2. The van der Waals surface area contributed by atoms with Crippen molar-refractivity contribution in [3.63, 3.8) is 0 Å². The molecule has 1 aromatic carbocycles. The minimum Gasteiger partial charge on any atom is -0.273 e. The number of thiophene rings is 1. The summed E-state index contributed by atoms with van der Waals surface area (Å²) in [6, 6.07) is 5.99. The molecule has 12 heteroatoms. The Balaban J connectivity index is 1.78. The maximum Gasteiger partial charge on any atom is 0.284 e. The Morgan fingerprint density at radius 2 is 1.60 bits per heavy atom. The largest absolute Gasteiger partial charge is 0.284 e. The van der Waals surface area contributed by atoms with Crippen LogP contribution in [0.15, 0.2) is 39.4 Å². The first-order valence-electron chi connectivity index (χ1n) is 8.78. The molecule has 0 unspecified atom stereocenters. The number of hydrazine groups is 1. The molecule has 1 fully saturated rings.